The zero-order valence-electron chi connectivity index (χ0n) is 45.5. The molecule has 6 rings (SSSR count). The number of halogens is 4. The Morgan fingerprint density at radius 1 is 0.875 bits per heavy atom. The van der Waals surface area contributed by atoms with Crippen LogP contribution in [-0.2, 0) is 65.1 Å². The number of aromatic nitrogens is 6. The molecular formula is C53H75ClF3N7O13P2S. The van der Waals surface area contributed by atoms with Crippen molar-refractivity contribution < 1.29 is 74.8 Å². The Morgan fingerprint density at radius 2 is 1.48 bits per heavy atom. The molecule has 2 aromatic carbocycles. The predicted octanol–water partition coefficient (Wildman–Crippen LogP) is 8.85. The SMILES string of the molecule is C#C.CCC1CCC(n2ncc3c(NC(CSCCOCCOCCOCCOCc4cn(CCOCCOCCOCCOCCC(=O)Oc5c(F)cc(F)cc5F)nn4)c4ccccc4)cc(Cl)nc32)O1.COP(C)CPO. The molecule has 5 atom stereocenters. The van der Waals surface area contributed by atoms with Crippen molar-refractivity contribution in [3.63, 3.8) is 0 Å². The second-order valence-corrected chi connectivity index (χ2v) is 21.8. The van der Waals surface area contributed by atoms with Crippen LogP contribution in [0.2, 0.25) is 5.15 Å². The number of rotatable bonds is 40. The molecule has 5 aromatic rings. The predicted molar refractivity (Wildman–Crippen MR) is 303 cm³/mol. The third-order valence-electron chi connectivity index (χ3n) is 11.3. The fraction of sp³-hybridized carbons (Fsp3) is 0.566. The quantitative estimate of drug-likeness (QED) is 0.00936. The van der Waals surface area contributed by atoms with Crippen molar-refractivity contribution in [1.82, 2.24) is 29.8 Å². The van der Waals surface area contributed by atoms with Crippen LogP contribution in [0.1, 0.15) is 56.1 Å². The summed E-state index contributed by atoms with van der Waals surface area (Å²) in [6.45, 7) is 10.6. The van der Waals surface area contributed by atoms with E-state index >= 15 is 0 Å². The number of hydrogen-bond donors (Lipinski definition) is 2. The molecule has 3 aromatic heterocycles. The molecular weight excluding hydrogens is 1130 g/mol. The average Bonchev–Trinajstić information content (AvgIpc) is 4.25. The number of esters is 1. The van der Waals surface area contributed by atoms with Gasteiger partial charge in [-0.3, -0.25) is 4.79 Å². The number of anilines is 1. The standard InChI is InChI=1S/C48H63ClF3N7O11S.C3H10O2P2.C2H2/c1-2-38-8-9-45(69-38)59-48-39(31-53-59)42(30-44(49)55-48)54-43(35-6-4-3-5-7-35)34-71-27-26-67-23-22-65-20-21-66-24-25-68-33-37-32-58(57-56-37)11-13-62-15-17-64-19-18-63-16-14-61-12-10-46(60)70-47-40(51)28-36(50)29-41(47)52;1-5-7(2)3-6-4;1-2/h3-7,28-32,38,43,45H,2,8-27,33-34H2,1H3,(H,54,55);4,6H,3H2,1-2H3;1-2H. The number of pyridine rings is 1. The molecule has 0 saturated carbocycles. The molecule has 4 heterocycles. The second kappa shape index (κ2) is 41.8. The van der Waals surface area contributed by atoms with Crippen LogP contribution in [0.15, 0.2) is 60.9 Å². The Labute approximate surface area is 478 Å². The Balaban J connectivity index is 0.00000142. The molecule has 80 heavy (non-hydrogen) atoms. The lowest BCUT2D eigenvalue weighted by Crippen LogP contribution is -2.15. The Morgan fingerprint density at radius 3 is 2.06 bits per heavy atom. The lowest BCUT2D eigenvalue weighted by Gasteiger charge is -2.21. The topological polar surface area (TPSA) is 212 Å². The monoisotopic (exact) mass is 1200 g/mol. The van der Waals surface area contributed by atoms with Crippen molar-refractivity contribution in [2.24, 2.45) is 0 Å². The fourth-order valence-electron chi connectivity index (χ4n) is 7.28. The van der Waals surface area contributed by atoms with E-state index in [0.717, 1.165) is 47.7 Å². The van der Waals surface area contributed by atoms with Gasteiger partial charge >= 0.3 is 5.97 Å². The van der Waals surface area contributed by atoms with Crippen molar-refractivity contribution >= 4 is 63.0 Å². The van der Waals surface area contributed by atoms with Gasteiger partial charge in [-0.05, 0) is 37.6 Å². The maximum atomic E-state index is 13.6. The zero-order valence-corrected chi connectivity index (χ0v) is 49.0. The molecule has 27 heteroatoms. The van der Waals surface area contributed by atoms with Gasteiger partial charge in [-0.2, -0.15) is 16.9 Å². The summed E-state index contributed by atoms with van der Waals surface area (Å²) in [5, 5.41) is 17.9. The van der Waals surface area contributed by atoms with E-state index in [0.29, 0.717) is 121 Å². The smallest absolute Gasteiger partial charge is 0.313 e. The van der Waals surface area contributed by atoms with E-state index in [9.17, 15) is 18.0 Å². The molecule has 0 bridgehead atoms. The highest BCUT2D eigenvalue weighted by molar-refractivity contribution is 7.99. The molecule has 1 fully saturated rings. The molecule has 20 nitrogen and oxygen atoms in total. The zero-order chi connectivity index (χ0) is 57.6. The van der Waals surface area contributed by atoms with Gasteiger partial charge in [-0.1, -0.05) is 54.1 Å². The highest BCUT2D eigenvalue weighted by Crippen LogP contribution is 2.37. The van der Waals surface area contributed by atoms with Crippen LogP contribution in [0.5, 0.6) is 5.75 Å². The lowest BCUT2D eigenvalue weighted by atomic mass is 10.1. The first-order valence-electron chi connectivity index (χ1n) is 26.0. The third kappa shape index (κ3) is 26.9. The van der Waals surface area contributed by atoms with Gasteiger partial charge in [0.25, 0.3) is 0 Å². The van der Waals surface area contributed by atoms with E-state index in [1.165, 1.54) is 5.56 Å². The first-order chi connectivity index (χ1) is 39.1. The average molecular weight is 1200 g/mol. The van der Waals surface area contributed by atoms with Gasteiger partial charge in [0.1, 0.15) is 16.7 Å². The van der Waals surface area contributed by atoms with E-state index in [1.807, 2.05) is 53.6 Å². The number of fused-ring (bicyclic) bond motifs is 1. The fourth-order valence-corrected chi connectivity index (χ4v) is 9.70. The molecule has 0 radical (unpaired) electrons. The number of hydrogen-bond acceptors (Lipinski definition) is 19. The van der Waals surface area contributed by atoms with Gasteiger partial charge < -0.3 is 62.1 Å². The van der Waals surface area contributed by atoms with E-state index < -0.39 is 29.2 Å². The molecule has 1 saturated heterocycles. The number of ether oxygens (including phenoxy) is 10. The molecule has 0 amide bonds. The Kier molecular flexibility index (Phi) is 35.7. The minimum Gasteiger partial charge on any atom is -0.420 e. The summed E-state index contributed by atoms with van der Waals surface area (Å²) < 4.78 is 104. The molecule has 0 aliphatic carbocycles. The van der Waals surface area contributed by atoms with Gasteiger partial charge in [0.15, 0.2) is 23.5 Å². The number of benzene rings is 2. The van der Waals surface area contributed by atoms with Crippen LogP contribution in [0.25, 0.3) is 11.0 Å². The normalized spacial score (nSPS) is 14.9. The van der Waals surface area contributed by atoms with E-state index in [1.54, 1.807) is 18.0 Å². The maximum Gasteiger partial charge on any atom is 0.313 e. The highest BCUT2D eigenvalue weighted by Gasteiger charge is 2.28. The number of thioether (sulfide) groups is 1. The molecule has 0 spiro atoms. The van der Waals surface area contributed by atoms with Crippen LogP contribution in [0.4, 0.5) is 18.9 Å². The number of carbonyl (C=O) groups is 1. The number of carbonyl (C=O) groups excluding carboxylic acids is 1. The molecule has 5 unspecified atom stereocenters. The number of terminal acetylenes is 1. The van der Waals surface area contributed by atoms with Gasteiger partial charge in [-0.25, -0.2) is 27.5 Å². The first-order valence-corrected chi connectivity index (χ1v) is 30.6. The first kappa shape index (κ1) is 68.4. The van der Waals surface area contributed by atoms with E-state index in [-0.39, 0.29) is 61.6 Å². The van der Waals surface area contributed by atoms with Crippen molar-refractivity contribution in [2.75, 3.05) is 136 Å². The summed E-state index contributed by atoms with van der Waals surface area (Å²) in [7, 11) is 1.41. The van der Waals surface area contributed by atoms with Crippen LogP contribution >= 0.6 is 40.3 Å². The summed E-state index contributed by atoms with van der Waals surface area (Å²) in [5.41, 5.74) is 3.47. The lowest BCUT2D eigenvalue weighted by molar-refractivity contribution is -0.136. The molecule has 1 aliphatic heterocycles. The maximum absolute atomic E-state index is 13.6. The molecule has 1 aliphatic rings. The van der Waals surface area contributed by atoms with Crippen molar-refractivity contribution in [2.45, 2.75) is 64.1 Å². The van der Waals surface area contributed by atoms with Crippen LogP contribution in [-0.4, -0.2) is 177 Å². The highest BCUT2D eigenvalue weighted by atomic mass is 35.5. The third-order valence-corrected chi connectivity index (χ3v) is 15.5. The van der Waals surface area contributed by atoms with Crippen LogP contribution in [0.3, 0.4) is 0 Å². The second-order valence-electron chi connectivity index (χ2n) is 17.1. The van der Waals surface area contributed by atoms with Crippen molar-refractivity contribution in [3.8, 4) is 18.6 Å². The number of nitrogens with zero attached hydrogens (tertiary/aromatic N) is 6. The van der Waals surface area contributed by atoms with E-state index in [4.69, 9.17) is 63.6 Å². The summed E-state index contributed by atoms with van der Waals surface area (Å²) in [6, 6.07) is 13.1. The van der Waals surface area contributed by atoms with Crippen LogP contribution in [0, 0.1) is 30.3 Å². The van der Waals surface area contributed by atoms with Crippen LogP contribution < -0.4 is 10.1 Å². The molecule has 444 valence electrons. The van der Waals surface area contributed by atoms with Gasteiger partial charge in [0, 0.05) is 53.6 Å². The van der Waals surface area contributed by atoms with Crippen molar-refractivity contribution in [1.29, 1.82) is 0 Å². The number of nitrogens with one attached hydrogen (secondary N) is 1. The van der Waals surface area contributed by atoms with Gasteiger partial charge in [-0.15, -0.1) is 17.9 Å². The summed E-state index contributed by atoms with van der Waals surface area (Å²) in [5.74, 6) is -3.11. The summed E-state index contributed by atoms with van der Waals surface area (Å²) in [6.07, 6.45) is 14.4. The van der Waals surface area contributed by atoms with Gasteiger partial charge in [0.05, 0.1) is 154 Å². The van der Waals surface area contributed by atoms with Crippen molar-refractivity contribution in [3.05, 3.63) is 94.8 Å². The Hall–Kier alpha value is -4.12. The Bertz CT molecular complexity index is 2460. The summed E-state index contributed by atoms with van der Waals surface area (Å²) in [4.78, 5) is 24.7. The molecule has 2 N–H and O–H groups in total. The van der Waals surface area contributed by atoms with Gasteiger partial charge in [0.2, 0.25) is 5.75 Å². The van der Waals surface area contributed by atoms with E-state index in [2.05, 4.69) is 62.4 Å². The minimum absolute atomic E-state index is 0.0236. The summed E-state index contributed by atoms with van der Waals surface area (Å²) >= 11 is 8.36. The largest absolute Gasteiger partial charge is 0.420 e. The minimum atomic E-state index is -1.30.